The normalized spacial score (nSPS) is 19.6. The quantitative estimate of drug-likeness (QED) is 0.570. The molecular formula is C22H30N4O2. The van der Waals surface area contributed by atoms with Crippen LogP contribution in [-0.2, 0) is 17.8 Å². The molecule has 0 saturated carbocycles. The minimum atomic E-state index is -0.104. The third-order valence-electron chi connectivity index (χ3n) is 4.97. The van der Waals surface area contributed by atoms with Crippen LogP contribution in [0.3, 0.4) is 0 Å². The van der Waals surface area contributed by atoms with Crippen molar-refractivity contribution in [2.24, 2.45) is 4.99 Å². The van der Waals surface area contributed by atoms with Gasteiger partial charge in [0.1, 0.15) is 0 Å². The molecule has 0 radical (unpaired) electrons. The first kappa shape index (κ1) is 20.1. The van der Waals surface area contributed by atoms with Gasteiger partial charge in [-0.15, -0.1) is 0 Å². The van der Waals surface area contributed by atoms with Crippen molar-refractivity contribution in [3.05, 3.63) is 70.1 Å². The number of hydrogen-bond acceptors (Lipinski definition) is 3. The highest BCUT2D eigenvalue weighted by molar-refractivity contribution is 5.79. The zero-order valence-corrected chi connectivity index (χ0v) is 16.8. The molecule has 2 N–H and O–H groups in total. The van der Waals surface area contributed by atoms with Crippen molar-refractivity contribution in [1.29, 1.82) is 0 Å². The number of aromatic nitrogens is 1. The molecule has 1 aliphatic heterocycles. The molecule has 1 atom stereocenters. The second-order valence-electron chi connectivity index (χ2n) is 7.43. The number of guanidine groups is 1. The number of nitrogens with one attached hydrogen (secondary N) is 2. The molecule has 1 saturated heterocycles. The largest absolute Gasteiger partial charge is 0.373 e. The molecule has 1 aromatic carbocycles. The van der Waals surface area contributed by atoms with Gasteiger partial charge < -0.3 is 19.9 Å². The predicted octanol–water partition coefficient (Wildman–Crippen LogP) is 2.52. The highest BCUT2D eigenvalue weighted by Gasteiger charge is 2.29. The van der Waals surface area contributed by atoms with Crippen molar-refractivity contribution in [2.75, 3.05) is 19.7 Å². The lowest BCUT2D eigenvalue weighted by molar-refractivity contribution is 0.0243. The summed E-state index contributed by atoms with van der Waals surface area (Å²) in [6.07, 6.45) is 4.00. The second kappa shape index (κ2) is 9.55. The SMILES string of the molecule is CCNC(=NCc1ccc(Cn2ccccc2=O)cc1)NCC1(C)CCCO1. The molecule has 2 aromatic rings. The van der Waals surface area contributed by atoms with Gasteiger partial charge in [0.25, 0.3) is 5.56 Å². The maximum Gasteiger partial charge on any atom is 0.250 e. The van der Waals surface area contributed by atoms with E-state index in [4.69, 9.17) is 4.74 Å². The minimum absolute atomic E-state index is 0.0115. The molecule has 0 amide bonds. The molecule has 6 nitrogen and oxygen atoms in total. The van der Waals surface area contributed by atoms with Crippen molar-refractivity contribution in [3.8, 4) is 0 Å². The zero-order chi connectivity index (χ0) is 19.8. The summed E-state index contributed by atoms with van der Waals surface area (Å²) >= 11 is 0. The van der Waals surface area contributed by atoms with Gasteiger partial charge in [-0.1, -0.05) is 30.3 Å². The molecule has 1 unspecified atom stereocenters. The average Bonchev–Trinajstić information content (AvgIpc) is 3.14. The van der Waals surface area contributed by atoms with E-state index >= 15 is 0 Å². The van der Waals surface area contributed by atoms with Crippen LogP contribution in [0.25, 0.3) is 0 Å². The Hall–Kier alpha value is -2.60. The molecule has 0 spiro atoms. The summed E-state index contributed by atoms with van der Waals surface area (Å²) in [6.45, 7) is 7.79. The van der Waals surface area contributed by atoms with Crippen LogP contribution in [0.15, 0.2) is 58.4 Å². The third kappa shape index (κ3) is 5.70. The van der Waals surface area contributed by atoms with E-state index in [0.29, 0.717) is 13.1 Å². The summed E-state index contributed by atoms with van der Waals surface area (Å²) in [5.41, 5.74) is 2.13. The first-order valence-corrected chi connectivity index (χ1v) is 9.97. The Morgan fingerprint density at radius 2 is 1.96 bits per heavy atom. The summed E-state index contributed by atoms with van der Waals surface area (Å²) in [7, 11) is 0. The van der Waals surface area contributed by atoms with Crippen molar-refractivity contribution in [3.63, 3.8) is 0 Å². The van der Waals surface area contributed by atoms with E-state index in [1.807, 2.05) is 12.3 Å². The first-order chi connectivity index (χ1) is 13.6. The smallest absolute Gasteiger partial charge is 0.250 e. The van der Waals surface area contributed by atoms with Crippen molar-refractivity contribution in [2.45, 2.75) is 45.4 Å². The van der Waals surface area contributed by atoms with E-state index in [0.717, 1.165) is 49.6 Å². The molecule has 0 aliphatic carbocycles. The van der Waals surface area contributed by atoms with E-state index in [1.165, 1.54) is 0 Å². The number of hydrogen-bond donors (Lipinski definition) is 2. The molecule has 28 heavy (non-hydrogen) atoms. The van der Waals surface area contributed by atoms with E-state index in [2.05, 4.69) is 53.7 Å². The number of pyridine rings is 1. The number of rotatable bonds is 7. The Kier molecular flexibility index (Phi) is 6.87. The van der Waals surface area contributed by atoms with Gasteiger partial charge in [-0.3, -0.25) is 4.79 Å². The van der Waals surface area contributed by atoms with Crippen LogP contribution >= 0.6 is 0 Å². The number of benzene rings is 1. The van der Waals surface area contributed by atoms with E-state index in [9.17, 15) is 4.79 Å². The number of ether oxygens (including phenoxy) is 1. The highest BCUT2D eigenvalue weighted by Crippen LogP contribution is 2.23. The van der Waals surface area contributed by atoms with Crippen molar-refractivity contribution >= 4 is 5.96 Å². The third-order valence-corrected chi connectivity index (χ3v) is 4.97. The minimum Gasteiger partial charge on any atom is -0.373 e. The van der Waals surface area contributed by atoms with Crippen LogP contribution in [0.2, 0.25) is 0 Å². The predicted molar refractivity (Wildman–Crippen MR) is 113 cm³/mol. The standard InChI is InChI=1S/C22H30N4O2/c1-3-23-21(25-17-22(2)12-6-14-28-22)24-15-18-8-10-19(11-9-18)16-26-13-5-4-7-20(26)27/h4-5,7-11,13H,3,6,12,14-17H2,1-2H3,(H2,23,24,25). The van der Waals surface area contributed by atoms with Gasteiger partial charge in [0.15, 0.2) is 5.96 Å². The van der Waals surface area contributed by atoms with Gasteiger partial charge in [0, 0.05) is 32.0 Å². The molecule has 0 bridgehead atoms. The Labute approximate surface area is 166 Å². The van der Waals surface area contributed by atoms with Crippen molar-refractivity contribution < 1.29 is 4.74 Å². The van der Waals surface area contributed by atoms with Gasteiger partial charge in [-0.25, -0.2) is 4.99 Å². The van der Waals surface area contributed by atoms with Crippen LogP contribution in [0, 0.1) is 0 Å². The second-order valence-corrected chi connectivity index (χ2v) is 7.43. The summed E-state index contributed by atoms with van der Waals surface area (Å²) in [4.78, 5) is 16.5. The van der Waals surface area contributed by atoms with Crippen LogP contribution in [-0.4, -0.2) is 35.8 Å². The molecule has 6 heteroatoms. The Morgan fingerprint density at radius 1 is 1.18 bits per heavy atom. The fraction of sp³-hybridized carbons (Fsp3) is 0.455. The zero-order valence-electron chi connectivity index (χ0n) is 16.8. The Bertz CT molecular complexity index is 836. The van der Waals surface area contributed by atoms with Crippen LogP contribution in [0.5, 0.6) is 0 Å². The van der Waals surface area contributed by atoms with Gasteiger partial charge in [-0.05, 0) is 43.9 Å². The Balaban J connectivity index is 1.58. The molecule has 150 valence electrons. The lowest BCUT2D eigenvalue weighted by atomic mass is 10.0. The summed E-state index contributed by atoms with van der Waals surface area (Å²) in [5.74, 6) is 0.805. The lowest BCUT2D eigenvalue weighted by Crippen LogP contribution is -2.45. The topological polar surface area (TPSA) is 67.7 Å². The van der Waals surface area contributed by atoms with Crippen LogP contribution in [0.4, 0.5) is 0 Å². The van der Waals surface area contributed by atoms with E-state index in [1.54, 1.807) is 16.7 Å². The summed E-state index contributed by atoms with van der Waals surface area (Å²) < 4.78 is 7.53. The van der Waals surface area contributed by atoms with Crippen LogP contribution < -0.4 is 16.2 Å². The Morgan fingerprint density at radius 3 is 2.64 bits per heavy atom. The average molecular weight is 383 g/mol. The molecular weight excluding hydrogens is 352 g/mol. The maximum atomic E-state index is 11.8. The van der Waals surface area contributed by atoms with Gasteiger partial charge in [-0.2, -0.15) is 0 Å². The highest BCUT2D eigenvalue weighted by atomic mass is 16.5. The van der Waals surface area contributed by atoms with Crippen LogP contribution in [0.1, 0.15) is 37.8 Å². The fourth-order valence-corrected chi connectivity index (χ4v) is 3.30. The lowest BCUT2D eigenvalue weighted by Gasteiger charge is -2.24. The van der Waals surface area contributed by atoms with Gasteiger partial charge in [0.05, 0.1) is 18.7 Å². The van der Waals surface area contributed by atoms with E-state index < -0.39 is 0 Å². The summed E-state index contributed by atoms with van der Waals surface area (Å²) in [5, 5.41) is 6.69. The molecule has 1 aromatic heterocycles. The van der Waals surface area contributed by atoms with Gasteiger partial charge >= 0.3 is 0 Å². The maximum absolute atomic E-state index is 11.8. The molecule has 3 rings (SSSR count). The number of nitrogens with zero attached hydrogens (tertiary/aromatic N) is 2. The van der Waals surface area contributed by atoms with E-state index in [-0.39, 0.29) is 11.2 Å². The van der Waals surface area contributed by atoms with Gasteiger partial charge in [0.2, 0.25) is 0 Å². The molecule has 2 heterocycles. The monoisotopic (exact) mass is 382 g/mol. The fourth-order valence-electron chi connectivity index (χ4n) is 3.30. The first-order valence-electron chi connectivity index (χ1n) is 9.97. The molecule has 1 aliphatic rings. The van der Waals surface area contributed by atoms with Crippen molar-refractivity contribution in [1.82, 2.24) is 15.2 Å². The number of aliphatic imine (C=N–C) groups is 1. The summed E-state index contributed by atoms with van der Waals surface area (Å²) in [6, 6.07) is 13.5. The molecule has 1 fully saturated rings.